The number of nitrogens with two attached hydrogens (primary N) is 1. The molecule has 0 saturated carbocycles. The third-order valence-corrected chi connectivity index (χ3v) is 4.40. The second-order valence-electron chi connectivity index (χ2n) is 5.23. The normalized spacial score (nSPS) is 15.8. The number of benzene rings is 1. The van der Waals surface area contributed by atoms with Gasteiger partial charge in [-0.05, 0) is 43.9 Å². The van der Waals surface area contributed by atoms with Crippen molar-refractivity contribution in [3.8, 4) is 5.75 Å². The second kappa shape index (κ2) is 6.44. The zero-order chi connectivity index (χ0) is 15.5. The Morgan fingerprint density at radius 2 is 1.95 bits per heavy atom. The van der Waals surface area contributed by atoms with Gasteiger partial charge in [0.1, 0.15) is 10.6 Å². The highest BCUT2D eigenvalue weighted by atomic mass is 32.2. The Labute approximate surface area is 124 Å². The summed E-state index contributed by atoms with van der Waals surface area (Å²) in [6.07, 6.45) is 3.13. The highest BCUT2D eigenvalue weighted by Crippen LogP contribution is 2.24. The molecule has 1 heterocycles. The van der Waals surface area contributed by atoms with Crippen LogP contribution in [0.15, 0.2) is 23.1 Å². The van der Waals surface area contributed by atoms with Crippen LogP contribution in [0, 0.1) is 6.92 Å². The third-order valence-electron chi connectivity index (χ3n) is 3.47. The number of piperidine rings is 1. The zero-order valence-corrected chi connectivity index (χ0v) is 12.9. The van der Waals surface area contributed by atoms with Gasteiger partial charge in [-0.15, -0.1) is 0 Å². The summed E-state index contributed by atoms with van der Waals surface area (Å²) in [6.45, 7) is 3.05. The van der Waals surface area contributed by atoms with Crippen LogP contribution in [0.3, 0.4) is 0 Å². The molecule has 1 fully saturated rings. The fourth-order valence-corrected chi connectivity index (χ4v) is 3.09. The van der Waals surface area contributed by atoms with Crippen molar-refractivity contribution in [2.75, 3.05) is 19.7 Å². The Hall–Kier alpha value is -1.60. The molecule has 1 aliphatic rings. The summed E-state index contributed by atoms with van der Waals surface area (Å²) >= 11 is 0. The molecule has 21 heavy (non-hydrogen) atoms. The molecule has 1 aliphatic heterocycles. The van der Waals surface area contributed by atoms with Gasteiger partial charge >= 0.3 is 0 Å². The van der Waals surface area contributed by atoms with Crippen molar-refractivity contribution < 1.29 is 17.9 Å². The van der Waals surface area contributed by atoms with Gasteiger partial charge in [0, 0.05) is 13.1 Å². The molecule has 1 aromatic carbocycles. The van der Waals surface area contributed by atoms with Crippen LogP contribution in [0.5, 0.6) is 5.75 Å². The topological polar surface area (TPSA) is 89.7 Å². The van der Waals surface area contributed by atoms with Crippen LogP contribution in [-0.4, -0.2) is 38.9 Å². The highest BCUT2D eigenvalue weighted by Gasteiger charge is 2.19. The SMILES string of the molecule is Cc1ccc(OCC(=O)N2CCCCC2)c(S(N)(=O)=O)c1. The number of hydrogen-bond acceptors (Lipinski definition) is 4. The van der Waals surface area contributed by atoms with Gasteiger partial charge in [-0.3, -0.25) is 4.79 Å². The fraction of sp³-hybridized carbons (Fsp3) is 0.500. The lowest BCUT2D eigenvalue weighted by Gasteiger charge is -2.26. The molecule has 0 aromatic heterocycles. The van der Waals surface area contributed by atoms with E-state index in [2.05, 4.69) is 0 Å². The number of likely N-dealkylation sites (tertiary alicyclic amines) is 1. The van der Waals surface area contributed by atoms with Crippen molar-refractivity contribution >= 4 is 15.9 Å². The Morgan fingerprint density at radius 3 is 2.57 bits per heavy atom. The summed E-state index contributed by atoms with van der Waals surface area (Å²) in [7, 11) is -3.88. The molecule has 0 bridgehead atoms. The molecule has 6 nitrogen and oxygen atoms in total. The van der Waals surface area contributed by atoms with Gasteiger partial charge < -0.3 is 9.64 Å². The predicted molar refractivity (Wildman–Crippen MR) is 78.5 cm³/mol. The minimum Gasteiger partial charge on any atom is -0.482 e. The van der Waals surface area contributed by atoms with E-state index in [9.17, 15) is 13.2 Å². The number of hydrogen-bond donors (Lipinski definition) is 1. The molecular formula is C14H20N2O4S. The maximum absolute atomic E-state index is 12.0. The first kappa shape index (κ1) is 15.8. The number of carbonyl (C=O) groups excluding carboxylic acids is 1. The van der Waals surface area contributed by atoms with E-state index < -0.39 is 10.0 Å². The van der Waals surface area contributed by atoms with E-state index in [0.29, 0.717) is 0 Å². The summed E-state index contributed by atoms with van der Waals surface area (Å²) in [5.41, 5.74) is 0.758. The number of ether oxygens (including phenoxy) is 1. The quantitative estimate of drug-likeness (QED) is 0.899. The molecule has 0 radical (unpaired) electrons. The van der Waals surface area contributed by atoms with Crippen LogP contribution in [-0.2, 0) is 14.8 Å². The van der Waals surface area contributed by atoms with Gasteiger partial charge in [0.15, 0.2) is 6.61 Å². The molecule has 2 N–H and O–H groups in total. The van der Waals surface area contributed by atoms with Gasteiger partial charge in [0.05, 0.1) is 0 Å². The number of sulfonamides is 1. The zero-order valence-electron chi connectivity index (χ0n) is 12.0. The van der Waals surface area contributed by atoms with Crippen LogP contribution in [0.25, 0.3) is 0 Å². The molecule has 0 spiro atoms. The molecular weight excluding hydrogens is 292 g/mol. The smallest absolute Gasteiger partial charge is 0.260 e. The largest absolute Gasteiger partial charge is 0.482 e. The van der Waals surface area contributed by atoms with Gasteiger partial charge in [-0.25, -0.2) is 13.6 Å². The Kier molecular flexibility index (Phi) is 4.84. The van der Waals surface area contributed by atoms with E-state index in [1.807, 2.05) is 0 Å². The number of nitrogens with zero attached hydrogens (tertiary/aromatic N) is 1. The van der Waals surface area contributed by atoms with Crippen LogP contribution >= 0.6 is 0 Å². The Bertz CT molecular complexity index is 622. The van der Waals surface area contributed by atoms with Crippen molar-refractivity contribution in [2.24, 2.45) is 5.14 Å². The molecule has 2 rings (SSSR count). The standard InChI is InChI=1S/C14H20N2O4S/c1-11-5-6-12(13(9-11)21(15,18)19)20-10-14(17)16-7-3-2-4-8-16/h5-6,9H,2-4,7-8,10H2,1H3,(H2,15,18,19). The highest BCUT2D eigenvalue weighted by molar-refractivity contribution is 7.89. The lowest BCUT2D eigenvalue weighted by atomic mass is 10.1. The van der Waals surface area contributed by atoms with E-state index in [-0.39, 0.29) is 23.2 Å². The van der Waals surface area contributed by atoms with Crippen LogP contribution in [0.1, 0.15) is 24.8 Å². The molecule has 0 atom stereocenters. The van der Waals surface area contributed by atoms with Gasteiger partial charge in [0.2, 0.25) is 10.0 Å². The summed E-state index contributed by atoms with van der Waals surface area (Å²) < 4.78 is 28.5. The summed E-state index contributed by atoms with van der Waals surface area (Å²) in [6, 6.07) is 4.68. The van der Waals surface area contributed by atoms with Crippen LogP contribution in [0.4, 0.5) is 0 Å². The molecule has 116 valence electrons. The van der Waals surface area contributed by atoms with Gasteiger partial charge in [-0.1, -0.05) is 6.07 Å². The van der Waals surface area contributed by atoms with E-state index in [4.69, 9.17) is 9.88 Å². The molecule has 0 aliphatic carbocycles. The summed E-state index contributed by atoms with van der Waals surface area (Å²) in [5, 5.41) is 5.17. The van der Waals surface area contributed by atoms with Crippen molar-refractivity contribution in [1.82, 2.24) is 4.90 Å². The number of aryl methyl sites for hydroxylation is 1. The van der Waals surface area contributed by atoms with Crippen molar-refractivity contribution in [2.45, 2.75) is 31.1 Å². The van der Waals surface area contributed by atoms with Gasteiger partial charge in [-0.2, -0.15) is 0 Å². The molecule has 1 amide bonds. The minimum absolute atomic E-state index is 0.0889. The van der Waals surface area contributed by atoms with Crippen LogP contribution < -0.4 is 9.88 Å². The predicted octanol–water partition coefficient (Wildman–Crippen LogP) is 1.03. The monoisotopic (exact) mass is 312 g/mol. The first-order valence-corrected chi connectivity index (χ1v) is 8.46. The Morgan fingerprint density at radius 1 is 1.29 bits per heavy atom. The summed E-state index contributed by atoms with van der Waals surface area (Å²) in [4.78, 5) is 13.7. The van der Waals surface area contributed by atoms with E-state index in [1.165, 1.54) is 12.1 Å². The summed E-state index contributed by atoms with van der Waals surface area (Å²) in [5.74, 6) is -0.0101. The average Bonchev–Trinajstić information content (AvgIpc) is 2.45. The average molecular weight is 312 g/mol. The maximum Gasteiger partial charge on any atom is 0.260 e. The number of amides is 1. The lowest BCUT2D eigenvalue weighted by molar-refractivity contribution is -0.134. The third kappa shape index (κ3) is 4.18. The molecule has 1 aromatic rings. The molecule has 0 unspecified atom stereocenters. The van der Waals surface area contributed by atoms with Crippen molar-refractivity contribution in [3.05, 3.63) is 23.8 Å². The van der Waals surface area contributed by atoms with Crippen molar-refractivity contribution in [1.29, 1.82) is 0 Å². The minimum atomic E-state index is -3.88. The first-order chi connectivity index (χ1) is 9.88. The number of primary sulfonamides is 1. The second-order valence-corrected chi connectivity index (χ2v) is 6.76. The number of rotatable bonds is 4. The lowest BCUT2D eigenvalue weighted by Crippen LogP contribution is -2.38. The van der Waals surface area contributed by atoms with E-state index in [1.54, 1.807) is 17.9 Å². The Balaban J connectivity index is 2.08. The maximum atomic E-state index is 12.0. The van der Waals surface area contributed by atoms with E-state index >= 15 is 0 Å². The number of carbonyl (C=O) groups is 1. The van der Waals surface area contributed by atoms with Gasteiger partial charge in [0.25, 0.3) is 5.91 Å². The van der Waals surface area contributed by atoms with Crippen LogP contribution in [0.2, 0.25) is 0 Å². The molecule has 1 saturated heterocycles. The molecule has 7 heteroatoms. The fourth-order valence-electron chi connectivity index (χ4n) is 2.33. The van der Waals surface area contributed by atoms with Crippen molar-refractivity contribution in [3.63, 3.8) is 0 Å². The first-order valence-electron chi connectivity index (χ1n) is 6.92. The van der Waals surface area contributed by atoms with E-state index in [0.717, 1.165) is 37.9 Å².